The molecule has 2 amide bonds. The molecule has 3 aromatic rings. The number of aryl methyl sites for hydroxylation is 1. The smallest absolute Gasteiger partial charge is 0.227 e. The Labute approximate surface area is 185 Å². The van der Waals surface area contributed by atoms with Crippen LogP contribution in [0.4, 0.5) is 4.39 Å². The van der Waals surface area contributed by atoms with Gasteiger partial charge in [0.05, 0.1) is 12.0 Å². The zero-order valence-corrected chi connectivity index (χ0v) is 18.3. The fraction of sp³-hybridized carbons (Fsp3) is 0.360. The molecule has 31 heavy (non-hydrogen) atoms. The summed E-state index contributed by atoms with van der Waals surface area (Å²) < 4.78 is 15.9. The molecule has 0 radical (unpaired) electrons. The quantitative estimate of drug-likeness (QED) is 0.655. The Kier molecular flexibility index (Phi) is 5.05. The van der Waals surface area contributed by atoms with E-state index in [4.69, 9.17) is 0 Å². The van der Waals surface area contributed by atoms with Gasteiger partial charge in [-0.15, -0.1) is 11.3 Å². The summed E-state index contributed by atoms with van der Waals surface area (Å²) in [6.45, 7) is 2.90. The minimum atomic E-state index is -0.597. The lowest BCUT2D eigenvalue weighted by Crippen LogP contribution is -2.56. The van der Waals surface area contributed by atoms with Crippen molar-refractivity contribution in [2.75, 3.05) is 13.1 Å². The second kappa shape index (κ2) is 7.75. The molecule has 1 spiro atoms. The minimum absolute atomic E-state index is 0.0128. The molecule has 2 atom stereocenters. The van der Waals surface area contributed by atoms with E-state index in [-0.39, 0.29) is 23.5 Å². The molecule has 2 saturated heterocycles. The molecular weight excluding hydrogens is 411 g/mol. The molecule has 0 unspecified atom stereocenters. The molecule has 5 rings (SSSR count). The largest absolute Gasteiger partial charge is 0.348 e. The predicted molar refractivity (Wildman–Crippen MR) is 121 cm³/mol. The van der Waals surface area contributed by atoms with Crippen LogP contribution in [0, 0.1) is 12.7 Å². The summed E-state index contributed by atoms with van der Waals surface area (Å²) in [6.07, 6.45) is 2.31. The Balaban J connectivity index is 1.44. The van der Waals surface area contributed by atoms with E-state index in [1.807, 2.05) is 11.0 Å². The summed E-state index contributed by atoms with van der Waals surface area (Å²) >= 11 is 1.65. The monoisotopic (exact) mass is 436 g/mol. The number of fused-ring (bicyclic) bond motifs is 1. The third-order valence-electron chi connectivity index (χ3n) is 6.74. The summed E-state index contributed by atoms with van der Waals surface area (Å²) in [5.41, 5.74) is 2.19. The van der Waals surface area contributed by atoms with Gasteiger partial charge in [0.2, 0.25) is 11.8 Å². The van der Waals surface area contributed by atoms with Crippen LogP contribution < -0.4 is 5.32 Å². The first kappa shape index (κ1) is 20.2. The Hall–Kier alpha value is -2.73. The molecule has 2 aromatic carbocycles. The number of thiophene rings is 1. The van der Waals surface area contributed by atoms with E-state index >= 15 is 0 Å². The van der Waals surface area contributed by atoms with Crippen molar-refractivity contribution in [2.24, 2.45) is 0 Å². The highest BCUT2D eigenvalue weighted by molar-refractivity contribution is 7.17. The van der Waals surface area contributed by atoms with Crippen LogP contribution in [-0.2, 0) is 16.0 Å². The van der Waals surface area contributed by atoms with Gasteiger partial charge in [-0.05, 0) is 53.8 Å². The van der Waals surface area contributed by atoms with Crippen molar-refractivity contribution in [1.29, 1.82) is 0 Å². The van der Waals surface area contributed by atoms with Crippen molar-refractivity contribution in [2.45, 2.75) is 44.1 Å². The SMILES string of the molecule is Cc1ccc2scc(CC(=O)N3C[C@@H](c4ccccc4F)[C@@]4(CCCC(=O)N4)C3)c2c1. The van der Waals surface area contributed by atoms with Crippen LogP contribution in [0.5, 0.6) is 0 Å². The minimum Gasteiger partial charge on any atom is -0.348 e. The maximum atomic E-state index is 14.7. The molecular formula is C25H25FN2O2S. The van der Waals surface area contributed by atoms with Crippen LogP contribution in [0.25, 0.3) is 10.1 Å². The fourth-order valence-corrected chi connectivity index (χ4v) is 6.15. The number of hydrogen-bond acceptors (Lipinski definition) is 3. The number of amides is 2. The van der Waals surface area contributed by atoms with Gasteiger partial charge >= 0.3 is 0 Å². The average Bonchev–Trinajstić information content (AvgIpc) is 3.30. The zero-order chi connectivity index (χ0) is 21.6. The van der Waals surface area contributed by atoms with Crippen LogP contribution in [0.15, 0.2) is 47.8 Å². The predicted octanol–water partition coefficient (Wildman–Crippen LogP) is 4.56. The topological polar surface area (TPSA) is 49.4 Å². The Morgan fingerprint density at radius 2 is 2.13 bits per heavy atom. The zero-order valence-electron chi connectivity index (χ0n) is 17.5. The first-order valence-electron chi connectivity index (χ1n) is 10.8. The van der Waals surface area contributed by atoms with Crippen molar-refractivity contribution in [3.8, 4) is 0 Å². The lowest BCUT2D eigenvalue weighted by molar-refractivity contribution is -0.131. The highest BCUT2D eigenvalue weighted by atomic mass is 32.1. The van der Waals surface area contributed by atoms with E-state index in [2.05, 4.69) is 35.8 Å². The molecule has 1 N–H and O–H groups in total. The second-order valence-corrected chi connectivity index (χ2v) is 9.75. The Morgan fingerprint density at radius 3 is 2.94 bits per heavy atom. The fourth-order valence-electron chi connectivity index (χ4n) is 5.21. The van der Waals surface area contributed by atoms with E-state index in [0.717, 1.165) is 23.8 Å². The van der Waals surface area contributed by atoms with Crippen LogP contribution in [-0.4, -0.2) is 35.3 Å². The van der Waals surface area contributed by atoms with E-state index in [1.54, 1.807) is 23.5 Å². The van der Waals surface area contributed by atoms with Gasteiger partial charge in [0.1, 0.15) is 5.82 Å². The maximum absolute atomic E-state index is 14.7. The van der Waals surface area contributed by atoms with Crippen molar-refractivity contribution < 1.29 is 14.0 Å². The molecule has 0 bridgehead atoms. The van der Waals surface area contributed by atoms with Gasteiger partial charge in [-0.3, -0.25) is 9.59 Å². The van der Waals surface area contributed by atoms with Gasteiger partial charge in [0.25, 0.3) is 0 Å². The molecule has 2 fully saturated rings. The number of piperidine rings is 1. The number of nitrogens with one attached hydrogen (secondary N) is 1. The van der Waals surface area contributed by atoms with Gasteiger partial charge in [-0.25, -0.2) is 4.39 Å². The first-order chi connectivity index (χ1) is 14.9. The van der Waals surface area contributed by atoms with Crippen LogP contribution >= 0.6 is 11.3 Å². The average molecular weight is 437 g/mol. The molecule has 4 nitrogen and oxygen atoms in total. The van der Waals surface area contributed by atoms with Gasteiger partial charge in [-0.1, -0.05) is 35.9 Å². The van der Waals surface area contributed by atoms with Crippen molar-refractivity contribution >= 4 is 33.2 Å². The molecule has 0 saturated carbocycles. The van der Waals surface area contributed by atoms with Crippen molar-refractivity contribution in [3.05, 3.63) is 70.4 Å². The van der Waals surface area contributed by atoms with Gasteiger partial charge in [-0.2, -0.15) is 0 Å². The third kappa shape index (κ3) is 3.63. The molecule has 3 heterocycles. The number of nitrogens with zero attached hydrogens (tertiary/aromatic N) is 1. The Bertz CT molecular complexity index is 1170. The standard InChI is InChI=1S/C25H25FN2O2S/c1-16-8-9-22-19(11-16)17(14-31-22)12-24(30)28-13-20(18-5-2-3-6-21(18)26)25(15-28)10-4-7-23(29)27-25/h2-3,5-6,8-9,11,14,20H,4,7,10,12-13,15H2,1H3,(H,27,29)/t20-,25+/m0/s1. The third-order valence-corrected chi connectivity index (χ3v) is 7.75. The number of carbonyl (C=O) groups excluding carboxylic acids is 2. The number of hydrogen-bond donors (Lipinski definition) is 1. The van der Waals surface area contributed by atoms with Gasteiger partial charge in [0.15, 0.2) is 0 Å². The maximum Gasteiger partial charge on any atom is 0.227 e. The van der Waals surface area contributed by atoms with E-state index < -0.39 is 5.54 Å². The summed E-state index contributed by atoms with van der Waals surface area (Å²) in [5.74, 6) is -0.510. The van der Waals surface area contributed by atoms with Crippen LogP contribution in [0.2, 0.25) is 0 Å². The van der Waals surface area contributed by atoms with Gasteiger partial charge < -0.3 is 10.2 Å². The Morgan fingerprint density at radius 1 is 1.29 bits per heavy atom. The molecule has 1 aromatic heterocycles. The van der Waals surface area contributed by atoms with E-state index in [1.165, 1.54) is 16.3 Å². The lowest BCUT2D eigenvalue weighted by atomic mass is 9.76. The summed E-state index contributed by atoms with van der Waals surface area (Å²) in [6, 6.07) is 13.0. The second-order valence-electron chi connectivity index (χ2n) is 8.84. The number of benzene rings is 2. The van der Waals surface area contributed by atoms with Crippen LogP contribution in [0.1, 0.15) is 41.9 Å². The summed E-state index contributed by atoms with van der Waals surface area (Å²) in [5, 5.41) is 6.34. The number of carbonyl (C=O) groups is 2. The van der Waals surface area contributed by atoms with Crippen molar-refractivity contribution in [3.63, 3.8) is 0 Å². The number of likely N-dealkylation sites (tertiary alicyclic amines) is 1. The highest BCUT2D eigenvalue weighted by Crippen LogP contribution is 2.42. The van der Waals surface area contributed by atoms with E-state index in [9.17, 15) is 14.0 Å². The number of rotatable bonds is 3. The molecule has 2 aliphatic rings. The molecule has 160 valence electrons. The van der Waals surface area contributed by atoms with Crippen molar-refractivity contribution in [1.82, 2.24) is 10.2 Å². The van der Waals surface area contributed by atoms with Crippen LogP contribution in [0.3, 0.4) is 0 Å². The van der Waals surface area contributed by atoms with E-state index in [0.29, 0.717) is 31.5 Å². The highest BCUT2D eigenvalue weighted by Gasteiger charge is 2.51. The molecule has 0 aliphatic carbocycles. The normalized spacial score (nSPS) is 23.5. The number of halogens is 1. The summed E-state index contributed by atoms with van der Waals surface area (Å²) in [4.78, 5) is 27.4. The van der Waals surface area contributed by atoms with Gasteiger partial charge in [0, 0.05) is 30.1 Å². The first-order valence-corrected chi connectivity index (χ1v) is 11.6. The summed E-state index contributed by atoms with van der Waals surface area (Å²) in [7, 11) is 0. The molecule has 2 aliphatic heterocycles. The molecule has 6 heteroatoms. The lowest BCUT2D eigenvalue weighted by Gasteiger charge is -2.39.